The fourth-order valence-electron chi connectivity index (χ4n) is 3.16. The average molecular weight is 473 g/mol. The lowest BCUT2D eigenvalue weighted by Crippen LogP contribution is -2.45. The van der Waals surface area contributed by atoms with Crippen molar-refractivity contribution in [3.05, 3.63) is 76.7 Å². The van der Waals surface area contributed by atoms with Gasteiger partial charge in [-0.3, -0.25) is 9.59 Å². The van der Waals surface area contributed by atoms with Crippen molar-refractivity contribution in [3.8, 4) is 0 Å². The van der Waals surface area contributed by atoms with E-state index in [0.29, 0.717) is 29.8 Å². The molecule has 0 bridgehead atoms. The number of ether oxygens (including phenoxy) is 1. The molecule has 0 spiro atoms. The minimum absolute atomic E-state index is 0.0272. The zero-order valence-corrected chi connectivity index (χ0v) is 19.7. The molecular weight excluding hydrogens is 444 g/mol. The van der Waals surface area contributed by atoms with E-state index in [0.717, 1.165) is 5.41 Å². The third-order valence-electron chi connectivity index (χ3n) is 4.99. The van der Waals surface area contributed by atoms with Crippen LogP contribution in [-0.2, 0) is 30.8 Å². The highest BCUT2D eigenvalue weighted by Gasteiger charge is 2.32. The van der Waals surface area contributed by atoms with Crippen molar-refractivity contribution in [2.45, 2.75) is 20.3 Å². The van der Waals surface area contributed by atoms with Gasteiger partial charge in [0.1, 0.15) is 5.92 Å². The lowest BCUT2D eigenvalue weighted by atomic mass is 9.96. The van der Waals surface area contributed by atoms with Gasteiger partial charge in [-0.1, -0.05) is 42.5 Å². The van der Waals surface area contributed by atoms with E-state index in [-0.39, 0.29) is 6.42 Å². The minimum Gasteiger partial charge on any atom is -0.465 e. The second kappa shape index (κ2) is 12.0. The number of methoxy groups -OCH3 is 1. The maximum Gasteiger partial charge on any atom is 0.337 e. The molecule has 1 atom stereocenters. The molecule has 0 aliphatic carbocycles. The molecule has 1 N–H and O–H groups in total. The van der Waals surface area contributed by atoms with Crippen molar-refractivity contribution in [3.63, 3.8) is 0 Å². The second-order valence-corrected chi connectivity index (χ2v) is 8.75. The molecule has 8 nitrogen and oxygen atoms in total. The first kappa shape index (κ1) is 25.8. The van der Waals surface area contributed by atoms with Crippen molar-refractivity contribution in [1.29, 1.82) is 0 Å². The number of carbonyl (C=O) groups is 3. The SMILES string of the molecule is CCN(CC)C(=O)C(Cc1ccc(C(=O)OC)cc1)C(=O)NS(=O)(=O)C=Cc1ccccc1. The quantitative estimate of drug-likeness (QED) is 0.421. The molecule has 0 fully saturated rings. The Bertz CT molecular complexity index is 1090. The number of rotatable bonds is 10. The summed E-state index contributed by atoms with van der Waals surface area (Å²) < 4.78 is 31.6. The van der Waals surface area contributed by atoms with Crippen molar-refractivity contribution in [1.82, 2.24) is 9.62 Å². The number of hydrogen-bond donors (Lipinski definition) is 1. The highest BCUT2D eigenvalue weighted by molar-refractivity contribution is 7.93. The van der Waals surface area contributed by atoms with E-state index in [1.165, 1.54) is 30.2 Å². The Morgan fingerprint density at radius 2 is 1.61 bits per heavy atom. The molecule has 2 amide bonds. The molecule has 0 heterocycles. The van der Waals surface area contributed by atoms with Crippen molar-refractivity contribution in [2.75, 3.05) is 20.2 Å². The van der Waals surface area contributed by atoms with Gasteiger partial charge in [-0.05, 0) is 49.6 Å². The summed E-state index contributed by atoms with van der Waals surface area (Å²) in [5.74, 6) is -3.15. The number of carbonyl (C=O) groups excluding carboxylic acids is 3. The Labute approximate surface area is 194 Å². The second-order valence-electron chi connectivity index (χ2n) is 7.18. The molecule has 0 saturated heterocycles. The molecule has 33 heavy (non-hydrogen) atoms. The highest BCUT2D eigenvalue weighted by atomic mass is 32.2. The Morgan fingerprint density at radius 3 is 2.15 bits per heavy atom. The molecule has 176 valence electrons. The van der Waals surface area contributed by atoms with Crippen molar-refractivity contribution >= 4 is 33.9 Å². The lowest BCUT2D eigenvalue weighted by Gasteiger charge is -2.24. The van der Waals surface area contributed by atoms with Crippen LogP contribution < -0.4 is 4.72 Å². The maximum absolute atomic E-state index is 13.0. The number of nitrogens with one attached hydrogen (secondary N) is 1. The van der Waals surface area contributed by atoms with Crippen LogP contribution in [-0.4, -0.2) is 51.3 Å². The minimum atomic E-state index is -4.12. The number of sulfonamides is 1. The van der Waals surface area contributed by atoms with Gasteiger partial charge >= 0.3 is 5.97 Å². The van der Waals surface area contributed by atoms with E-state index < -0.39 is 33.7 Å². The maximum atomic E-state index is 13.0. The van der Waals surface area contributed by atoms with Crippen LogP contribution >= 0.6 is 0 Å². The van der Waals surface area contributed by atoms with Crippen LogP contribution in [0.3, 0.4) is 0 Å². The van der Waals surface area contributed by atoms with Gasteiger partial charge in [0.25, 0.3) is 10.0 Å². The van der Waals surface area contributed by atoms with Gasteiger partial charge in [-0.15, -0.1) is 0 Å². The number of amides is 2. The molecule has 0 aliphatic rings. The Hall–Kier alpha value is -3.46. The van der Waals surface area contributed by atoms with Crippen LogP contribution in [0.5, 0.6) is 0 Å². The molecule has 2 aromatic rings. The van der Waals surface area contributed by atoms with Gasteiger partial charge < -0.3 is 9.64 Å². The monoisotopic (exact) mass is 472 g/mol. The molecule has 2 aromatic carbocycles. The van der Waals surface area contributed by atoms with Gasteiger partial charge in [0.15, 0.2) is 0 Å². The normalized spacial score (nSPS) is 12.2. The van der Waals surface area contributed by atoms with Crippen LogP contribution in [0.1, 0.15) is 35.3 Å². The third kappa shape index (κ3) is 7.57. The predicted octanol–water partition coefficient (Wildman–Crippen LogP) is 2.62. The molecule has 0 aromatic heterocycles. The molecule has 1 unspecified atom stereocenters. The van der Waals surface area contributed by atoms with E-state index in [1.807, 2.05) is 4.72 Å². The van der Waals surface area contributed by atoms with Gasteiger partial charge in [-0.25, -0.2) is 17.9 Å². The number of esters is 1. The standard InChI is InChI=1S/C24H28N2O6S/c1-4-26(5-2)23(28)21(17-19-11-13-20(14-12-19)24(29)32-3)22(27)25-33(30,31)16-15-18-9-7-6-8-10-18/h6-16,21H,4-5,17H2,1-3H3,(H,25,27). The summed E-state index contributed by atoms with van der Waals surface area (Å²) in [7, 11) is -2.85. The van der Waals surface area contributed by atoms with Crippen LogP contribution in [0.15, 0.2) is 60.0 Å². The smallest absolute Gasteiger partial charge is 0.337 e. The van der Waals surface area contributed by atoms with Crippen molar-refractivity contribution in [2.24, 2.45) is 5.92 Å². The van der Waals surface area contributed by atoms with E-state index in [1.54, 1.807) is 56.3 Å². The summed E-state index contributed by atoms with van der Waals surface area (Å²) >= 11 is 0. The fourth-order valence-corrected chi connectivity index (χ4v) is 3.98. The molecule has 0 aliphatic heterocycles. The first-order chi connectivity index (χ1) is 15.7. The zero-order chi connectivity index (χ0) is 24.4. The fraction of sp³-hybridized carbons (Fsp3) is 0.292. The van der Waals surface area contributed by atoms with Gasteiger partial charge in [0.05, 0.1) is 18.1 Å². The zero-order valence-electron chi connectivity index (χ0n) is 18.9. The van der Waals surface area contributed by atoms with E-state index in [2.05, 4.69) is 4.74 Å². The summed E-state index contributed by atoms with van der Waals surface area (Å²) in [6.45, 7) is 4.31. The highest BCUT2D eigenvalue weighted by Crippen LogP contribution is 2.15. The van der Waals surface area contributed by atoms with Gasteiger partial charge in [0, 0.05) is 13.1 Å². The summed E-state index contributed by atoms with van der Waals surface area (Å²) in [6.07, 6.45) is 1.34. The topological polar surface area (TPSA) is 110 Å². The first-order valence-electron chi connectivity index (χ1n) is 10.5. The number of nitrogens with zero attached hydrogens (tertiary/aromatic N) is 1. The van der Waals surface area contributed by atoms with Gasteiger partial charge in [-0.2, -0.15) is 0 Å². The van der Waals surface area contributed by atoms with E-state index >= 15 is 0 Å². The first-order valence-corrected chi connectivity index (χ1v) is 12.0. The summed E-state index contributed by atoms with van der Waals surface area (Å²) in [4.78, 5) is 39.0. The molecule has 0 radical (unpaired) electrons. The molecule has 9 heteroatoms. The third-order valence-corrected chi connectivity index (χ3v) is 5.97. The average Bonchev–Trinajstić information content (AvgIpc) is 2.82. The van der Waals surface area contributed by atoms with Crippen LogP contribution in [0.25, 0.3) is 6.08 Å². The lowest BCUT2D eigenvalue weighted by molar-refractivity contribution is -0.141. The van der Waals surface area contributed by atoms with Crippen LogP contribution in [0, 0.1) is 5.92 Å². The summed E-state index contributed by atoms with van der Waals surface area (Å²) in [5, 5.41) is 0.893. The number of benzene rings is 2. The van der Waals surface area contributed by atoms with Crippen LogP contribution in [0.2, 0.25) is 0 Å². The Balaban J connectivity index is 2.25. The van der Waals surface area contributed by atoms with Crippen LogP contribution in [0.4, 0.5) is 0 Å². The summed E-state index contributed by atoms with van der Waals surface area (Å²) in [5.41, 5.74) is 1.57. The largest absolute Gasteiger partial charge is 0.465 e. The predicted molar refractivity (Wildman–Crippen MR) is 125 cm³/mol. The summed E-state index contributed by atoms with van der Waals surface area (Å²) in [6, 6.07) is 15.0. The molecule has 2 rings (SSSR count). The van der Waals surface area contributed by atoms with Crippen molar-refractivity contribution < 1.29 is 27.5 Å². The Kier molecular flexibility index (Phi) is 9.35. The van der Waals surface area contributed by atoms with Gasteiger partial charge in [0.2, 0.25) is 11.8 Å². The molecule has 0 saturated carbocycles. The Morgan fingerprint density at radius 1 is 1.00 bits per heavy atom. The van der Waals surface area contributed by atoms with E-state index in [4.69, 9.17) is 0 Å². The van der Waals surface area contributed by atoms with E-state index in [9.17, 15) is 22.8 Å². The number of hydrogen-bond acceptors (Lipinski definition) is 6. The molecular formula is C24H28N2O6S.